The van der Waals surface area contributed by atoms with Gasteiger partial charge in [0, 0.05) is 12.2 Å². The largest absolute Gasteiger partial charge is 0.476 e. The Morgan fingerprint density at radius 1 is 1.21 bits per heavy atom. The summed E-state index contributed by atoms with van der Waals surface area (Å²) >= 11 is 1.12. The molecular formula is C23H27N3O5S2. The summed E-state index contributed by atoms with van der Waals surface area (Å²) in [6, 6.07) is 10.7. The van der Waals surface area contributed by atoms with Crippen molar-refractivity contribution in [2.24, 2.45) is 0 Å². The molecule has 0 unspecified atom stereocenters. The van der Waals surface area contributed by atoms with Crippen LogP contribution in [-0.2, 0) is 26.8 Å². The van der Waals surface area contributed by atoms with Gasteiger partial charge in [-0.25, -0.2) is 8.42 Å². The predicted molar refractivity (Wildman–Crippen MR) is 132 cm³/mol. The van der Waals surface area contributed by atoms with Crippen LogP contribution in [0.3, 0.4) is 0 Å². The van der Waals surface area contributed by atoms with E-state index in [1.807, 2.05) is 33.8 Å². The summed E-state index contributed by atoms with van der Waals surface area (Å²) in [5, 5.41) is 2.80. The second kappa shape index (κ2) is 8.18. The lowest BCUT2D eigenvalue weighted by Crippen LogP contribution is -2.48. The highest BCUT2D eigenvalue weighted by Gasteiger charge is 2.36. The zero-order valence-corrected chi connectivity index (χ0v) is 20.8. The molecule has 0 bridgehead atoms. The Hall–Kier alpha value is -2.85. The number of anilines is 2. The maximum atomic E-state index is 13.0. The number of ether oxygens (including phenoxy) is 1. The number of rotatable bonds is 4. The molecule has 33 heavy (non-hydrogen) atoms. The number of nitrogens with one attached hydrogen (secondary N) is 1. The van der Waals surface area contributed by atoms with Crippen LogP contribution in [0, 0.1) is 0 Å². The molecule has 0 fully saturated rings. The zero-order valence-electron chi connectivity index (χ0n) is 19.2. The molecule has 1 N–H and O–H groups in total. The number of fused-ring (bicyclic) bond motifs is 2. The zero-order chi connectivity index (χ0) is 24.1. The van der Waals surface area contributed by atoms with Gasteiger partial charge in [-0.3, -0.25) is 18.5 Å². The van der Waals surface area contributed by atoms with E-state index in [0.717, 1.165) is 33.4 Å². The van der Waals surface area contributed by atoms with Gasteiger partial charge >= 0.3 is 4.87 Å². The Kier molecular flexibility index (Phi) is 5.78. The SMILES string of the molecule is CCn1c(=O)sc2cc(NC(=O)[C@H]3CN(S(C)(=O)=O)c4cc(C(C)(C)C)ccc4O3)ccc21. The molecule has 1 atom stereocenters. The quantitative estimate of drug-likeness (QED) is 0.605. The van der Waals surface area contributed by atoms with Gasteiger partial charge in [-0.05, 0) is 48.2 Å². The third-order valence-corrected chi connectivity index (χ3v) is 7.73. The first-order valence-electron chi connectivity index (χ1n) is 10.6. The maximum Gasteiger partial charge on any atom is 0.308 e. The molecule has 1 aliphatic rings. The van der Waals surface area contributed by atoms with Crippen molar-refractivity contribution in [2.45, 2.75) is 45.8 Å². The molecular weight excluding hydrogens is 462 g/mol. The third-order valence-electron chi connectivity index (χ3n) is 5.64. The van der Waals surface area contributed by atoms with Gasteiger partial charge in [0.15, 0.2) is 6.10 Å². The number of benzene rings is 2. The molecule has 1 aromatic heterocycles. The molecule has 3 aromatic rings. The molecule has 1 aliphatic heterocycles. The normalized spacial score (nSPS) is 16.4. The Balaban J connectivity index is 1.63. The summed E-state index contributed by atoms with van der Waals surface area (Å²) < 4.78 is 34.7. The topological polar surface area (TPSA) is 97.7 Å². The van der Waals surface area contributed by atoms with Crippen LogP contribution in [0.4, 0.5) is 11.4 Å². The molecule has 8 nitrogen and oxygen atoms in total. The van der Waals surface area contributed by atoms with Crippen molar-refractivity contribution in [3.8, 4) is 5.75 Å². The van der Waals surface area contributed by atoms with Crippen molar-refractivity contribution in [2.75, 3.05) is 22.4 Å². The van der Waals surface area contributed by atoms with Crippen molar-refractivity contribution < 1.29 is 17.9 Å². The first-order chi connectivity index (χ1) is 15.4. The first kappa shape index (κ1) is 23.3. The van der Waals surface area contributed by atoms with E-state index in [9.17, 15) is 18.0 Å². The number of carbonyl (C=O) groups is 1. The second-order valence-corrected chi connectivity index (χ2v) is 12.0. The molecule has 0 saturated heterocycles. The van der Waals surface area contributed by atoms with Gasteiger partial charge in [-0.15, -0.1) is 0 Å². The maximum absolute atomic E-state index is 13.0. The molecule has 176 valence electrons. The predicted octanol–water partition coefficient (Wildman–Crippen LogP) is 3.55. The summed E-state index contributed by atoms with van der Waals surface area (Å²) in [6.07, 6.45) is 0.0945. The highest BCUT2D eigenvalue weighted by atomic mass is 32.2. The van der Waals surface area contributed by atoms with Gasteiger partial charge in [0.1, 0.15) is 5.75 Å². The van der Waals surface area contributed by atoms with Crippen LogP contribution in [-0.4, -0.2) is 37.8 Å². The van der Waals surface area contributed by atoms with Crippen LogP contribution in [0.25, 0.3) is 10.2 Å². The fourth-order valence-electron chi connectivity index (χ4n) is 3.83. The summed E-state index contributed by atoms with van der Waals surface area (Å²) in [5.41, 5.74) is 2.55. The van der Waals surface area contributed by atoms with Crippen molar-refractivity contribution in [3.63, 3.8) is 0 Å². The van der Waals surface area contributed by atoms with E-state index in [2.05, 4.69) is 5.32 Å². The highest BCUT2D eigenvalue weighted by molar-refractivity contribution is 7.92. The van der Waals surface area contributed by atoms with Crippen molar-refractivity contribution in [1.29, 1.82) is 0 Å². The van der Waals surface area contributed by atoms with Gasteiger partial charge in [0.05, 0.1) is 28.7 Å². The highest BCUT2D eigenvalue weighted by Crippen LogP contribution is 2.38. The average molecular weight is 490 g/mol. The summed E-state index contributed by atoms with van der Waals surface area (Å²) in [7, 11) is -3.64. The van der Waals surface area contributed by atoms with E-state index >= 15 is 0 Å². The van der Waals surface area contributed by atoms with E-state index in [1.54, 1.807) is 34.9 Å². The molecule has 4 rings (SSSR count). The number of carbonyl (C=O) groups excluding carboxylic acids is 1. The van der Waals surface area contributed by atoms with Crippen LogP contribution in [0.1, 0.15) is 33.3 Å². The Morgan fingerprint density at radius 3 is 2.58 bits per heavy atom. The smallest absolute Gasteiger partial charge is 0.308 e. The minimum Gasteiger partial charge on any atom is -0.476 e. The molecule has 2 heterocycles. The lowest BCUT2D eigenvalue weighted by molar-refractivity contribution is -0.122. The molecule has 0 spiro atoms. The standard InChI is InChI=1S/C23H27N3O5S2/c1-6-25-16-9-8-15(12-20(16)32-22(25)28)24-21(27)19-13-26(33(5,29)30)17-11-14(23(2,3)4)7-10-18(17)31-19/h7-12,19H,6,13H2,1-5H3,(H,24,27)/t19-/m1/s1. The Labute approximate surface area is 196 Å². The molecule has 0 saturated carbocycles. The number of aromatic nitrogens is 1. The van der Waals surface area contributed by atoms with Crippen LogP contribution in [0.15, 0.2) is 41.2 Å². The number of aryl methyl sites for hydroxylation is 1. The Bertz CT molecular complexity index is 1400. The Morgan fingerprint density at radius 2 is 1.94 bits per heavy atom. The fourth-order valence-corrected chi connectivity index (χ4v) is 5.74. The number of hydrogen-bond acceptors (Lipinski definition) is 6. The van der Waals surface area contributed by atoms with E-state index in [-0.39, 0.29) is 16.8 Å². The van der Waals surface area contributed by atoms with Gasteiger partial charge in [-0.1, -0.05) is 38.2 Å². The minimum atomic E-state index is -3.64. The van der Waals surface area contributed by atoms with Gasteiger partial charge in [0.25, 0.3) is 5.91 Å². The van der Waals surface area contributed by atoms with Crippen LogP contribution >= 0.6 is 11.3 Å². The number of hydrogen-bond donors (Lipinski definition) is 1. The first-order valence-corrected chi connectivity index (χ1v) is 13.3. The van der Waals surface area contributed by atoms with Crippen molar-refractivity contribution in [3.05, 3.63) is 51.6 Å². The molecule has 0 aliphatic carbocycles. The summed E-state index contributed by atoms with van der Waals surface area (Å²) in [5.74, 6) is -0.121. The van der Waals surface area contributed by atoms with Gasteiger partial charge in [0.2, 0.25) is 10.0 Å². The van der Waals surface area contributed by atoms with Crippen molar-refractivity contribution in [1.82, 2.24) is 4.57 Å². The van der Waals surface area contributed by atoms with E-state index in [4.69, 9.17) is 4.74 Å². The number of thiazole rings is 1. The molecule has 0 radical (unpaired) electrons. The average Bonchev–Trinajstić information content (AvgIpc) is 3.05. The van der Waals surface area contributed by atoms with Crippen LogP contribution < -0.4 is 19.2 Å². The lowest BCUT2D eigenvalue weighted by atomic mass is 9.86. The summed E-state index contributed by atoms with van der Waals surface area (Å²) in [6.45, 7) is 8.47. The number of amides is 1. The number of nitrogens with zero attached hydrogens (tertiary/aromatic N) is 2. The van der Waals surface area contributed by atoms with Gasteiger partial charge < -0.3 is 10.1 Å². The minimum absolute atomic E-state index is 0.0541. The van der Waals surface area contributed by atoms with E-state index < -0.39 is 22.0 Å². The van der Waals surface area contributed by atoms with E-state index in [0.29, 0.717) is 23.7 Å². The monoisotopic (exact) mass is 489 g/mol. The van der Waals surface area contributed by atoms with Crippen LogP contribution in [0.5, 0.6) is 5.75 Å². The lowest BCUT2D eigenvalue weighted by Gasteiger charge is -2.35. The van der Waals surface area contributed by atoms with Gasteiger partial charge in [-0.2, -0.15) is 0 Å². The molecule has 2 aromatic carbocycles. The number of sulfonamides is 1. The fraction of sp³-hybridized carbons (Fsp3) is 0.391. The molecule has 10 heteroatoms. The second-order valence-electron chi connectivity index (χ2n) is 9.12. The van der Waals surface area contributed by atoms with Crippen LogP contribution in [0.2, 0.25) is 0 Å². The van der Waals surface area contributed by atoms with E-state index in [1.165, 1.54) is 4.31 Å². The molecule has 1 amide bonds. The van der Waals surface area contributed by atoms with Crippen molar-refractivity contribution >= 4 is 48.9 Å². The summed E-state index contributed by atoms with van der Waals surface area (Å²) in [4.78, 5) is 25.1. The third kappa shape index (κ3) is 4.49.